The second kappa shape index (κ2) is 5.36. The lowest BCUT2D eigenvalue weighted by Crippen LogP contribution is -2.29. The summed E-state index contributed by atoms with van der Waals surface area (Å²) in [4.78, 5) is 0.186. The Morgan fingerprint density at radius 3 is 2.52 bits per heavy atom. The second-order valence-electron chi connectivity index (χ2n) is 4.69. The Bertz CT molecular complexity index is 744. The first-order chi connectivity index (χ1) is 10.1. The first-order valence-corrected chi connectivity index (χ1v) is 7.89. The van der Waals surface area contributed by atoms with Gasteiger partial charge in [-0.25, -0.2) is 13.1 Å². The molecule has 21 heavy (non-hydrogen) atoms. The highest BCUT2D eigenvalue weighted by molar-refractivity contribution is 7.89. The van der Waals surface area contributed by atoms with Crippen LogP contribution < -0.4 is 20.7 Å². The van der Waals surface area contributed by atoms with Crippen molar-refractivity contribution in [2.75, 3.05) is 12.0 Å². The maximum Gasteiger partial charge on any atom is 0.241 e. The zero-order valence-electron chi connectivity index (χ0n) is 11.1. The van der Waals surface area contributed by atoms with Crippen molar-refractivity contribution >= 4 is 15.7 Å². The fraction of sp³-hybridized carbons (Fsp3) is 0.143. The minimum atomic E-state index is -3.61. The van der Waals surface area contributed by atoms with E-state index < -0.39 is 10.0 Å². The summed E-state index contributed by atoms with van der Waals surface area (Å²) in [5, 5.41) is 0. The minimum Gasteiger partial charge on any atom is -0.491 e. The number of ether oxygens (including phenoxy) is 1. The average molecular weight is 305 g/mol. The molecule has 0 amide bonds. The summed E-state index contributed by atoms with van der Waals surface area (Å²) < 4.78 is 32.9. The molecule has 1 aliphatic rings. The van der Waals surface area contributed by atoms with Gasteiger partial charge in [-0.3, -0.25) is 5.84 Å². The van der Waals surface area contributed by atoms with Gasteiger partial charge in [0.15, 0.2) is 0 Å². The Hall–Kier alpha value is -2.09. The number of hydrazine groups is 1. The number of anilines is 1. The van der Waals surface area contributed by atoms with E-state index in [-0.39, 0.29) is 10.9 Å². The number of nitrogens with two attached hydrogens (primary N) is 1. The zero-order valence-corrected chi connectivity index (χ0v) is 11.9. The van der Waals surface area contributed by atoms with Crippen molar-refractivity contribution in [3.63, 3.8) is 0 Å². The van der Waals surface area contributed by atoms with E-state index in [1.54, 1.807) is 12.1 Å². The molecule has 0 radical (unpaired) electrons. The number of rotatable bonds is 4. The number of fused-ring (bicyclic) bond motifs is 1. The van der Waals surface area contributed by atoms with Gasteiger partial charge in [0.25, 0.3) is 0 Å². The third-order valence-corrected chi connectivity index (χ3v) is 4.82. The van der Waals surface area contributed by atoms with Crippen LogP contribution in [0.5, 0.6) is 5.75 Å². The molecule has 2 aromatic rings. The molecule has 0 aromatic heterocycles. The third kappa shape index (κ3) is 2.71. The lowest BCUT2D eigenvalue weighted by atomic mass is 10.1. The number of nitrogens with one attached hydrogen (secondary N) is 2. The maximum atomic E-state index is 12.4. The van der Waals surface area contributed by atoms with Gasteiger partial charge in [-0.1, -0.05) is 18.2 Å². The fourth-order valence-corrected chi connectivity index (χ4v) is 3.45. The van der Waals surface area contributed by atoms with Crippen molar-refractivity contribution < 1.29 is 13.2 Å². The molecule has 110 valence electrons. The van der Waals surface area contributed by atoms with Crippen LogP contribution in [0.25, 0.3) is 0 Å². The molecule has 1 aliphatic heterocycles. The standard InChI is InChI=1S/C14H15N3O3S/c15-16-10-5-7-11(8-6-10)21(18,19)17-13-9-20-14-4-2-1-3-12(13)14/h1-8,13,16-17H,9,15H2. The molecule has 7 heteroatoms. The van der Waals surface area contributed by atoms with Crippen molar-refractivity contribution in [3.05, 3.63) is 54.1 Å². The number of nitrogen functional groups attached to an aromatic ring is 1. The van der Waals surface area contributed by atoms with Crippen molar-refractivity contribution in [3.8, 4) is 5.75 Å². The normalized spacial score (nSPS) is 17.1. The number of benzene rings is 2. The van der Waals surface area contributed by atoms with E-state index in [4.69, 9.17) is 10.6 Å². The Kier molecular flexibility index (Phi) is 3.54. The lowest BCUT2D eigenvalue weighted by Gasteiger charge is -2.12. The van der Waals surface area contributed by atoms with Gasteiger partial charge in [0.05, 0.1) is 10.9 Å². The van der Waals surface area contributed by atoms with E-state index in [9.17, 15) is 8.42 Å². The average Bonchev–Trinajstić information content (AvgIpc) is 2.90. The van der Waals surface area contributed by atoms with Crippen LogP contribution in [-0.4, -0.2) is 15.0 Å². The molecule has 1 atom stereocenters. The van der Waals surface area contributed by atoms with E-state index in [0.717, 1.165) is 5.56 Å². The van der Waals surface area contributed by atoms with E-state index in [1.807, 2.05) is 24.3 Å². The number of para-hydroxylation sites is 1. The fourth-order valence-electron chi connectivity index (χ4n) is 2.25. The molecule has 0 bridgehead atoms. The molecule has 0 saturated carbocycles. The Balaban J connectivity index is 1.83. The zero-order chi connectivity index (χ0) is 14.9. The van der Waals surface area contributed by atoms with Gasteiger partial charge < -0.3 is 10.2 Å². The quantitative estimate of drug-likeness (QED) is 0.586. The topological polar surface area (TPSA) is 93.5 Å². The number of hydrogen-bond acceptors (Lipinski definition) is 5. The van der Waals surface area contributed by atoms with Crippen molar-refractivity contribution in [2.45, 2.75) is 10.9 Å². The van der Waals surface area contributed by atoms with Crippen LogP contribution in [0, 0.1) is 0 Å². The summed E-state index contributed by atoms with van der Waals surface area (Å²) in [7, 11) is -3.61. The van der Waals surface area contributed by atoms with Crippen LogP contribution >= 0.6 is 0 Å². The number of hydrogen-bond donors (Lipinski definition) is 3. The molecule has 6 nitrogen and oxygen atoms in total. The van der Waals surface area contributed by atoms with Crippen LogP contribution in [0.15, 0.2) is 53.4 Å². The molecule has 4 N–H and O–H groups in total. The first kappa shape index (κ1) is 13.9. The van der Waals surface area contributed by atoms with E-state index >= 15 is 0 Å². The number of sulfonamides is 1. The summed E-state index contributed by atoms with van der Waals surface area (Å²) in [6.45, 7) is 0.293. The Morgan fingerprint density at radius 2 is 1.81 bits per heavy atom. The highest BCUT2D eigenvalue weighted by atomic mass is 32.2. The molecule has 3 rings (SSSR count). The highest BCUT2D eigenvalue weighted by Gasteiger charge is 2.28. The van der Waals surface area contributed by atoms with Gasteiger partial charge in [0, 0.05) is 11.3 Å². The van der Waals surface area contributed by atoms with Gasteiger partial charge in [-0.15, -0.1) is 0 Å². The van der Waals surface area contributed by atoms with Crippen molar-refractivity contribution in [1.82, 2.24) is 4.72 Å². The minimum absolute atomic E-state index is 0.186. The van der Waals surface area contributed by atoms with Crippen LogP contribution in [0.4, 0.5) is 5.69 Å². The van der Waals surface area contributed by atoms with E-state index in [1.165, 1.54) is 12.1 Å². The summed E-state index contributed by atoms with van der Waals surface area (Å²) in [5.74, 6) is 5.98. The summed E-state index contributed by atoms with van der Waals surface area (Å²) in [5.41, 5.74) is 3.95. The Labute approximate surface area is 122 Å². The monoisotopic (exact) mass is 305 g/mol. The summed E-state index contributed by atoms with van der Waals surface area (Å²) in [6.07, 6.45) is 0. The maximum absolute atomic E-state index is 12.4. The van der Waals surface area contributed by atoms with Gasteiger partial charge in [0.2, 0.25) is 10.0 Å². The van der Waals surface area contributed by atoms with Crippen molar-refractivity contribution in [1.29, 1.82) is 0 Å². The predicted octanol–water partition coefficient (Wildman–Crippen LogP) is 1.38. The first-order valence-electron chi connectivity index (χ1n) is 6.41. The van der Waals surface area contributed by atoms with E-state index in [2.05, 4.69) is 10.1 Å². The molecule has 2 aromatic carbocycles. The van der Waals surface area contributed by atoms with Gasteiger partial charge in [0.1, 0.15) is 12.4 Å². The van der Waals surface area contributed by atoms with Gasteiger partial charge >= 0.3 is 0 Å². The predicted molar refractivity (Wildman–Crippen MR) is 79.3 cm³/mol. The molecular formula is C14H15N3O3S. The SMILES string of the molecule is NNc1ccc(S(=O)(=O)NC2COc3ccccc32)cc1. The summed E-state index contributed by atoms with van der Waals surface area (Å²) >= 11 is 0. The molecule has 1 unspecified atom stereocenters. The molecule has 0 fully saturated rings. The molecular weight excluding hydrogens is 290 g/mol. The van der Waals surface area contributed by atoms with Crippen LogP contribution in [0.3, 0.4) is 0 Å². The molecule has 0 spiro atoms. The largest absolute Gasteiger partial charge is 0.491 e. The van der Waals surface area contributed by atoms with E-state index in [0.29, 0.717) is 18.0 Å². The Morgan fingerprint density at radius 1 is 1.10 bits per heavy atom. The van der Waals surface area contributed by atoms with Gasteiger partial charge in [-0.05, 0) is 30.3 Å². The smallest absolute Gasteiger partial charge is 0.241 e. The molecule has 1 heterocycles. The van der Waals surface area contributed by atoms with Crippen LogP contribution in [0.2, 0.25) is 0 Å². The lowest BCUT2D eigenvalue weighted by molar-refractivity contribution is 0.325. The van der Waals surface area contributed by atoms with Crippen LogP contribution in [0.1, 0.15) is 11.6 Å². The van der Waals surface area contributed by atoms with Crippen LogP contribution in [-0.2, 0) is 10.0 Å². The highest BCUT2D eigenvalue weighted by Crippen LogP contribution is 2.32. The van der Waals surface area contributed by atoms with Gasteiger partial charge in [-0.2, -0.15) is 0 Å². The third-order valence-electron chi connectivity index (χ3n) is 3.33. The molecule has 0 aliphatic carbocycles. The van der Waals surface area contributed by atoms with Crippen molar-refractivity contribution in [2.24, 2.45) is 5.84 Å². The molecule has 0 saturated heterocycles. The second-order valence-corrected chi connectivity index (χ2v) is 6.41. The summed E-state index contributed by atoms with van der Waals surface area (Å²) in [6, 6.07) is 13.2.